The maximum absolute atomic E-state index is 11.9. The van der Waals surface area contributed by atoms with Crippen molar-refractivity contribution in [3.05, 3.63) is 90.2 Å². The number of ether oxygens (including phenoxy) is 2. The zero-order chi connectivity index (χ0) is 15.8. The van der Waals surface area contributed by atoms with Crippen molar-refractivity contribution in [1.29, 1.82) is 0 Å². The van der Waals surface area contributed by atoms with Crippen LogP contribution in [0.25, 0.3) is 0 Å². The van der Waals surface area contributed by atoms with Crippen molar-refractivity contribution in [1.82, 2.24) is 0 Å². The van der Waals surface area contributed by atoms with Gasteiger partial charge in [0.2, 0.25) is 0 Å². The van der Waals surface area contributed by atoms with Crippen LogP contribution in [0.2, 0.25) is 0 Å². The number of hydrogen-bond acceptors (Lipinski definition) is 3. The molecule has 2 aromatic carbocycles. The van der Waals surface area contributed by atoms with E-state index in [1.165, 1.54) is 0 Å². The fourth-order valence-corrected chi connectivity index (χ4v) is 1.72. The van der Waals surface area contributed by atoms with Crippen LogP contribution in [0.1, 0.15) is 17.3 Å². The quantitative estimate of drug-likeness (QED) is 0.450. The van der Waals surface area contributed by atoms with Crippen molar-refractivity contribution in [3.8, 4) is 5.75 Å². The second-order valence-corrected chi connectivity index (χ2v) is 4.69. The van der Waals surface area contributed by atoms with Gasteiger partial charge in [-0.05, 0) is 42.8 Å². The van der Waals surface area contributed by atoms with Crippen molar-refractivity contribution in [2.45, 2.75) is 6.92 Å². The van der Waals surface area contributed by atoms with Crippen LogP contribution in [-0.4, -0.2) is 12.6 Å². The van der Waals surface area contributed by atoms with Crippen molar-refractivity contribution >= 4 is 5.97 Å². The lowest BCUT2D eigenvalue weighted by atomic mass is 10.2. The van der Waals surface area contributed by atoms with Crippen molar-refractivity contribution in [3.63, 3.8) is 0 Å². The highest BCUT2D eigenvalue weighted by molar-refractivity contribution is 5.90. The van der Waals surface area contributed by atoms with Crippen LogP contribution in [0.15, 0.2) is 84.7 Å². The van der Waals surface area contributed by atoms with Crippen LogP contribution in [0.5, 0.6) is 5.75 Å². The molecule has 0 spiro atoms. The minimum Gasteiger partial charge on any atom is -0.490 e. The van der Waals surface area contributed by atoms with E-state index in [1.54, 1.807) is 24.3 Å². The van der Waals surface area contributed by atoms with Gasteiger partial charge in [-0.25, -0.2) is 4.79 Å². The molecule has 3 heteroatoms. The Hall–Kier alpha value is -2.81. The molecule has 112 valence electrons. The number of carbonyl (C=O) groups excluding carboxylic acids is 1. The first-order valence-electron chi connectivity index (χ1n) is 6.98. The molecule has 0 aliphatic heterocycles. The summed E-state index contributed by atoms with van der Waals surface area (Å²) in [6.07, 6.45) is 1.83. The zero-order valence-electron chi connectivity index (χ0n) is 12.5. The minimum atomic E-state index is -0.415. The molecular formula is C19H18O3. The van der Waals surface area contributed by atoms with Crippen LogP contribution in [0, 0.1) is 0 Å². The van der Waals surface area contributed by atoms with E-state index in [0.717, 1.165) is 11.3 Å². The highest BCUT2D eigenvalue weighted by Crippen LogP contribution is 2.13. The molecule has 0 unspecified atom stereocenters. The van der Waals surface area contributed by atoms with Crippen LogP contribution >= 0.6 is 0 Å². The van der Waals surface area contributed by atoms with E-state index in [4.69, 9.17) is 9.47 Å². The lowest BCUT2D eigenvalue weighted by Crippen LogP contribution is -2.05. The fraction of sp³-hybridized carbons (Fsp3) is 0.105. The molecule has 0 heterocycles. The highest BCUT2D eigenvalue weighted by Gasteiger charge is 2.09. The Balaban J connectivity index is 1.86. The number of rotatable bonds is 6. The van der Waals surface area contributed by atoms with Gasteiger partial charge in [-0.2, -0.15) is 0 Å². The van der Waals surface area contributed by atoms with E-state index in [1.807, 2.05) is 49.4 Å². The molecule has 0 aliphatic rings. The highest BCUT2D eigenvalue weighted by atomic mass is 16.5. The number of benzene rings is 2. The Morgan fingerprint density at radius 3 is 2.27 bits per heavy atom. The van der Waals surface area contributed by atoms with Gasteiger partial charge in [-0.3, -0.25) is 0 Å². The number of allylic oxidation sites excluding steroid dienone is 1. The van der Waals surface area contributed by atoms with Gasteiger partial charge in [0.15, 0.2) is 0 Å². The molecule has 22 heavy (non-hydrogen) atoms. The summed E-state index contributed by atoms with van der Waals surface area (Å²) in [7, 11) is 0. The SMILES string of the molecule is C=C(OC(=O)c1ccccc1)/C(C)=C/COc1ccccc1. The molecule has 0 fully saturated rings. The zero-order valence-corrected chi connectivity index (χ0v) is 12.5. The molecule has 0 radical (unpaired) electrons. The van der Waals surface area contributed by atoms with E-state index in [0.29, 0.717) is 17.9 Å². The third kappa shape index (κ3) is 4.63. The molecule has 2 rings (SSSR count). The molecular weight excluding hydrogens is 276 g/mol. The molecule has 0 bridgehead atoms. The lowest BCUT2D eigenvalue weighted by Gasteiger charge is -2.08. The summed E-state index contributed by atoms with van der Waals surface area (Å²) in [4.78, 5) is 11.9. The number of carbonyl (C=O) groups is 1. The average Bonchev–Trinajstić information content (AvgIpc) is 2.56. The minimum absolute atomic E-state index is 0.325. The van der Waals surface area contributed by atoms with Gasteiger partial charge in [-0.15, -0.1) is 0 Å². The van der Waals surface area contributed by atoms with E-state index >= 15 is 0 Å². The summed E-state index contributed by atoms with van der Waals surface area (Å²) < 4.78 is 10.8. The second-order valence-electron chi connectivity index (χ2n) is 4.69. The Bertz CT molecular complexity index is 658. The van der Waals surface area contributed by atoms with Gasteiger partial charge < -0.3 is 9.47 Å². The van der Waals surface area contributed by atoms with Crippen molar-refractivity contribution in [2.24, 2.45) is 0 Å². The summed E-state index contributed by atoms with van der Waals surface area (Å²) in [5.41, 5.74) is 1.26. The Labute approximate surface area is 130 Å². The predicted octanol–water partition coefficient (Wildman–Crippen LogP) is 4.38. The first kappa shape index (κ1) is 15.6. The largest absolute Gasteiger partial charge is 0.490 e. The number of hydrogen-bond donors (Lipinski definition) is 0. The smallest absolute Gasteiger partial charge is 0.343 e. The van der Waals surface area contributed by atoms with Crippen LogP contribution in [0.4, 0.5) is 0 Å². The van der Waals surface area contributed by atoms with Gasteiger partial charge in [0.25, 0.3) is 0 Å². The molecule has 3 nitrogen and oxygen atoms in total. The molecule has 0 N–H and O–H groups in total. The Kier molecular flexibility index (Phi) is 5.55. The van der Waals surface area contributed by atoms with E-state index < -0.39 is 5.97 Å². The van der Waals surface area contributed by atoms with E-state index in [-0.39, 0.29) is 0 Å². The Morgan fingerprint density at radius 1 is 1.05 bits per heavy atom. The summed E-state index contributed by atoms with van der Waals surface area (Å²) in [5.74, 6) is 0.700. The summed E-state index contributed by atoms with van der Waals surface area (Å²) in [6.45, 7) is 5.99. The molecule has 0 aromatic heterocycles. The first-order chi connectivity index (χ1) is 10.7. The predicted molar refractivity (Wildman–Crippen MR) is 86.7 cm³/mol. The number of esters is 1. The maximum atomic E-state index is 11.9. The van der Waals surface area contributed by atoms with Crippen LogP contribution < -0.4 is 4.74 Å². The van der Waals surface area contributed by atoms with Crippen LogP contribution in [0.3, 0.4) is 0 Å². The van der Waals surface area contributed by atoms with Gasteiger partial charge in [-0.1, -0.05) is 43.0 Å². The monoisotopic (exact) mass is 294 g/mol. The third-order valence-electron chi connectivity index (χ3n) is 3.05. The first-order valence-corrected chi connectivity index (χ1v) is 6.98. The van der Waals surface area contributed by atoms with Gasteiger partial charge in [0.05, 0.1) is 5.56 Å². The third-order valence-corrected chi connectivity index (χ3v) is 3.05. The van der Waals surface area contributed by atoms with Gasteiger partial charge in [0, 0.05) is 0 Å². The van der Waals surface area contributed by atoms with E-state index in [2.05, 4.69) is 6.58 Å². The molecule has 0 saturated heterocycles. The normalized spacial score (nSPS) is 10.9. The molecule has 0 atom stereocenters. The van der Waals surface area contributed by atoms with Gasteiger partial charge >= 0.3 is 5.97 Å². The molecule has 0 amide bonds. The maximum Gasteiger partial charge on any atom is 0.343 e. The Morgan fingerprint density at radius 2 is 1.64 bits per heavy atom. The van der Waals surface area contributed by atoms with Crippen molar-refractivity contribution in [2.75, 3.05) is 6.61 Å². The lowest BCUT2D eigenvalue weighted by molar-refractivity contribution is 0.0633. The summed E-state index contributed by atoms with van der Waals surface area (Å²) in [6, 6.07) is 18.3. The topological polar surface area (TPSA) is 35.5 Å². The number of para-hydroxylation sites is 1. The summed E-state index contributed by atoms with van der Waals surface area (Å²) >= 11 is 0. The fourth-order valence-electron chi connectivity index (χ4n) is 1.72. The standard InChI is InChI=1S/C19H18O3/c1-15(13-14-21-18-11-7-4-8-12-18)16(2)22-19(20)17-9-5-3-6-10-17/h3-13H,2,14H2,1H3/b15-13+. The van der Waals surface area contributed by atoms with Gasteiger partial charge in [0.1, 0.15) is 18.1 Å². The van der Waals surface area contributed by atoms with Crippen molar-refractivity contribution < 1.29 is 14.3 Å². The van der Waals surface area contributed by atoms with E-state index in [9.17, 15) is 4.79 Å². The average molecular weight is 294 g/mol. The molecule has 2 aromatic rings. The summed E-state index contributed by atoms with van der Waals surface area (Å²) in [5, 5.41) is 0. The second kappa shape index (κ2) is 7.84. The molecule has 0 aliphatic carbocycles. The molecule has 0 saturated carbocycles. The van der Waals surface area contributed by atoms with Crippen LogP contribution in [-0.2, 0) is 4.74 Å².